The summed E-state index contributed by atoms with van der Waals surface area (Å²) >= 11 is 1.42. The van der Waals surface area contributed by atoms with Gasteiger partial charge in [-0.2, -0.15) is 0 Å². The molecule has 0 saturated heterocycles. The van der Waals surface area contributed by atoms with Crippen molar-refractivity contribution in [1.82, 2.24) is 19.3 Å². The maximum atomic E-state index is 13.1. The Kier molecular flexibility index (Phi) is 7.26. The number of Topliss-reactive ketones (excluding diaryl/α,β-unsaturated/α-hetero) is 1. The lowest BCUT2D eigenvalue weighted by atomic mass is 10.1. The number of carbonyl (C=O) groups excluding carboxylic acids is 1. The van der Waals surface area contributed by atoms with Crippen LogP contribution in [0, 0.1) is 5.92 Å². The Balaban J connectivity index is 1.51. The lowest BCUT2D eigenvalue weighted by Crippen LogP contribution is -2.15. The highest BCUT2D eigenvalue weighted by molar-refractivity contribution is 7.99. The van der Waals surface area contributed by atoms with Crippen LogP contribution in [0.4, 0.5) is 0 Å². The van der Waals surface area contributed by atoms with Gasteiger partial charge in [0.15, 0.2) is 22.9 Å². The van der Waals surface area contributed by atoms with Crippen molar-refractivity contribution in [1.29, 1.82) is 0 Å². The number of methoxy groups -OCH3 is 1. The van der Waals surface area contributed by atoms with Crippen LogP contribution in [-0.4, -0.2) is 38.0 Å². The van der Waals surface area contributed by atoms with Gasteiger partial charge in [-0.25, -0.2) is 0 Å². The summed E-state index contributed by atoms with van der Waals surface area (Å²) in [5.41, 5.74) is 1.78. The van der Waals surface area contributed by atoms with Crippen molar-refractivity contribution < 1.29 is 14.3 Å². The van der Waals surface area contributed by atoms with Crippen molar-refractivity contribution in [3.8, 4) is 11.5 Å². The summed E-state index contributed by atoms with van der Waals surface area (Å²) in [7, 11) is 3.60. The van der Waals surface area contributed by atoms with Crippen LogP contribution < -0.4 is 9.47 Å². The number of benzene rings is 2. The number of fused-ring (bicyclic) bond motifs is 1. The Morgan fingerprint density at radius 3 is 2.44 bits per heavy atom. The minimum atomic E-state index is -0.303. The summed E-state index contributed by atoms with van der Waals surface area (Å²) in [5.74, 6) is 2.99. The van der Waals surface area contributed by atoms with E-state index < -0.39 is 0 Å². The van der Waals surface area contributed by atoms with Crippen LogP contribution in [0.25, 0.3) is 10.9 Å². The van der Waals surface area contributed by atoms with E-state index in [0.717, 1.165) is 45.5 Å². The Hall–Kier alpha value is -3.26. The molecule has 0 N–H and O–H groups in total. The van der Waals surface area contributed by atoms with Crippen LogP contribution in [0.3, 0.4) is 0 Å². The van der Waals surface area contributed by atoms with Gasteiger partial charge in [-0.3, -0.25) is 4.79 Å². The highest BCUT2D eigenvalue weighted by Crippen LogP contribution is 2.28. The summed E-state index contributed by atoms with van der Waals surface area (Å²) in [6, 6.07) is 15.4. The number of aromatic nitrogens is 4. The summed E-state index contributed by atoms with van der Waals surface area (Å²) in [6.45, 7) is 6.99. The largest absolute Gasteiger partial charge is 0.497 e. The van der Waals surface area contributed by atoms with Gasteiger partial charge in [0.2, 0.25) is 0 Å². The molecule has 1 atom stereocenters. The van der Waals surface area contributed by atoms with E-state index in [1.165, 1.54) is 11.8 Å². The zero-order valence-corrected chi connectivity index (χ0v) is 21.0. The average molecular weight is 479 g/mol. The zero-order valence-electron chi connectivity index (χ0n) is 20.2. The molecule has 0 spiro atoms. The molecule has 0 bridgehead atoms. The lowest BCUT2D eigenvalue weighted by molar-refractivity contribution is 0.102. The fourth-order valence-electron chi connectivity index (χ4n) is 3.93. The van der Waals surface area contributed by atoms with Gasteiger partial charge < -0.3 is 18.6 Å². The molecule has 7 nitrogen and oxygen atoms in total. The Bertz CT molecular complexity index is 1280. The van der Waals surface area contributed by atoms with Gasteiger partial charge in [-0.1, -0.05) is 43.8 Å². The fraction of sp³-hybridized carbons (Fsp3) is 0.346. The van der Waals surface area contributed by atoms with Crippen molar-refractivity contribution in [2.24, 2.45) is 13.0 Å². The van der Waals surface area contributed by atoms with E-state index >= 15 is 0 Å². The molecule has 0 saturated carbocycles. The second-order valence-electron chi connectivity index (χ2n) is 8.66. The van der Waals surface area contributed by atoms with Gasteiger partial charge in [0.1, 0.15) is 11.5 Å². The summed E-state index contributed by atoms with van der Waals surface area (Å²) in [5, 5.41) is 10.5. The topological polar surface area (TPSA) is 71.2 Å². The number of rotatable bonds is 10. The molecule has 34 heavy (non-hydrogen) atoms. The first-order valence-corrected chi connectivity index (χ1v) is 12.3. The Morgan fingerprint density at radius 2 is 1.74 bits per heavy atom. The third kappa shape index (κ3) is 5.12. The van der Waals surface area contributed by atoms with Gasteiger partial charge in [0.25, 0.3) is 0 Å². The van der Waals surface area contributed by atoms with Crippen LogP contribution >= 0.6 is 11.8 Å². The first-order valence-electron chi connectivity index (χ1n) is 11.3. The molecule has 0 aliphatic carbocycles. The maximum absolute atomic E-state index is 13.1. The molecule has 2 aromatic carbocycles. The molecular weight excluding hydrogens is 448 g/mol. The molecular formula is C26H30N4O3S. The standard InChI is InChI=1S/C26H30N4O3S/c1-17(2)14-30-25(18(3)33-20-12-10-19(32-5)11-13-20)27-28-26(30)34-16-24(31)22-15-29(4)23-9-7-6-8-21(22)23/h6-13,15,17-18H,14,16H2,1-5H3. The van der Waals surface area contributed by atoms with Crippen LogP contribution in [0.5, 0.6) is 11.5 Å². The van der Waals surface area contributed by atoms with Gasteiger partial charge in [0, 0.05) is 36.3 Å². The quantitative estimate of drug-likeness (QED) is 0.220. The average Bonchev–Trinajstić information content (AvgIpc) is 3.38. The molecule has 0 amide bonds. The van der Waals surface area contributed by atoms with Crippen LogP contribution in [0.2, 0.25) is 0 Å². The van der Waals surface area contributed by atoms with E-state index in [-0.39, 0.29) is 17.6 Å². The van der Waals surface area contributed by atoms with E-state index in [1.54, 1.807) is 7.11 Å². The molecule has 2 heterocycles. The van der Waals surface area contributed by atoms with Gasteiger partial charge >= 0.3 is 0 Å². The number of ether oxygens (including phenoxy) is 2. The third-order valence-corrected chi connectivity index (χ3v) is 6.53. The highest BCUT2D eigenvalue weighted by atomic mass is 32.2. The number of thioether (sulfide) groups is 1. The molecule has 0 aliphatic heterocycles. The van der Waals surface area contributed by atoms with Crippen molar-refractivity contribution in [3.05, 3.63) is 66.1 Å². The molecule has 0 fully saturated rings. The smallest absolute Gasteiger partial charge is 0.191 e. The van der Waals surface area contributed by atoms with E-state index in [1.807, 2.05) is 73.3 Å². The van der Waals surface area contributed by atoms with E-state index in [9.17, 15) is 4.79 Å². The Morgan fingerprint density at radius 1 is 1.03 bits per heavy atom. The number of hydrogen-bond acceptors (Lipinski definition) is 6. The van der Waals surface area contributed by atoms with Gasteiger partial charge in [-0.05, 0) is 43.2 Å². The first-order chi connectivity index (χ1) is 16.4. The third-order valence-electron chi connectivity index (χ3n) is 5.56. The molecule has 2 aromatic heterocycles. The molecule has 0 aliphatic rings. The molecule has 0 radical (unpaired) electrons. The Labute approximate surface area is 204 Å². The van der Waals surface area contributed by atoms with Crippen LogP contribution in [0.1, 0.15) is 43.1 Å². The number of carbonyl (C=O) groups is 1. The fourth-order valence-corrected chi connectivity index (χ4v) is 4.77. The maximum Gasteiger partial charge on any atom is 0.191 e. The predicted octanol–water partition coefficient (Wildman–Crippen LogP) is 5.55. The van der Waals surface area contributed by atoms with Crippen molar-refractivity contribution in [2.45, 2.75) is 38.6 Å². The number of ketones is 1. The number of hydrogen-bond donors (Lipinski definition) is 0. The minimum Gasteiger partial charge on any atom is -0.497 e. The van der Waals surface area contributed by atoms with Crippen molar-refractivity contribution in [2.75, 3.05) is 12.9 Å². The predicted molar refractivity (Wildman–Crippen MR) is 135 cm³/mol. The second-order valence-corrected chi connectivity index (χ2v) is 9.61. The summed E-state index contributed by atoms with van der Waals surface area (Å²) in [4.78, 5) is 13.1. The lowest BCUT2D eigenvalue weighted by Gasteiger charge is -2.18. The summed E-state index contributed by atoms with van der Waals surface area (Å²) in [6.07, 6.45) is 1.60. The number of para-hydroxylation sites is 1. The molecule has 4 rings (SSSR count). The molecule has 178 valence electrons. The van der Waals surface area contributed by atoms with E-state index in [4.69, 9.17) is 9.47 Å². The SMILES string of the molecule is COc1ccc(OC(C)c2nnc(SCC(=O)c3cn(C)c4ccccc34)n2CC(C)C)cc1. The number of nitrogens with zero attached hydrogens (tertiary/aromatic N) is 4. The van der Waals surface area contributed by atoms with Crippen LogP contribution in [-0.2, 0) is 13.6 Å². The van der Waals surface area contributed by atoms with Crippen LogP contribution in [0.15, 0.2) is 59.9 Å². The van der Waals surface area contributed by atoms with Crippen molar-refractivity contribution >= 4 is 28.4 Å². The van der Waals surface area contributed by atoms with E-state index in [0.29, 0.717) is 5.92 Å². The summed E-state index contributed by atoms with van der Waals surface area (Å²) < 4.78 is 15.4. The van der Waals surface area contributed by atoms with Gasteiger partial charge in [0.05, 0.1) is 12.9 Å². The highest BCUT2D eigenvalue weighted by Gasteiger charge is 2.22. The van der Waals surface area contributed by atoms with E-state index in [2.05, 4.69) is 28.6 Å². The minimum absolute atomic E-state index is 0.0741. The molecule has 8 heteroatoms. The van der Waals surface area contributed by atoms with Gasteiger partial charge in [-0.15, -0.1) is 10.2 Å². The monoisotopic (exact) mass is 478 g/mol. The van der Waals surface area contributed by atoms with Crippen molar-refractivity contribution in [3.63, 3.8) is 0 Å². The normalized spacial score (nSPS) is 12.3. The first kappa shape index (κ1) is 23.9. The number of aryl methyl sites for hydroxylation is 1. The molecule has 4 aromatic rings. The second kappa shape index (κ2) is 10.3. The zero-order chi connectivity index (χ0) is 24.2. The molecule has 1 unspecified atom stereocenters.